The summed E-state index contributed by atoms with van der Waals surface area (Å²) in [5.74, 6) is 0. The van der Waals surface area contributed by atoms with E-state index < -0.39 is 0 Å². The SMILES string of the molecule is O=CN[C@H]1CC[C@@H](n2ncc(Cl)c2C=O)CC1. The van der Waals surface area contributed by atoms with E-state index in [1.807, 2.05) is 0 Å². The highest BCUT2D eigenvalue weighted by Crippen LogP contribution is 2.30. The Labute approximate surface area is 104 Å². The van der Waals surface area contributed by atoms with Crippen LogP contribution in [0.1, 0.15) is 42.2 Å². The standard InChI is InChI=1S/C11H14ClN3O2/c12-10-5-14-15(11(10)6-16)9-3-1-8(2-4-9)13-7-17/h5-9H,1-4H2,(H,13,17)/t8-,9+. The highest BCUT2D eigenvalue weighted by Gasteiger charge is 2.24. The summed E-state index contributed by atoms with van der Waals surface area (Å²) in [4.78, 5) is 21.3. The summed E-state index contributed by atoms with van der Waals surface area (Å²) in [6, 6.07) is 0.446. The third kappa shape index (κ3) is 2.49. The molecule has 1 N–H and O–H groups in total. The molecular weight excluding hydrogens is 242 g/mol. The molecule has 1 fully saturated rings. The Balaban J connectivity index is 2.05. The molecule has 92 valence electrons. The van der Waals surface area contributed by atoms with E-state index in [1.165, 1.54) is 6.20 Å². The smallest absolute Gasteiger partial charge is 0.207 e. The van der Waals surface area contributed by atoms with Crippen LogP contribution in [0.2, 0.25) is 5.02 Å². The first-order chi connectivity index (χ1) is 8.26. The minimum Gasteiger partial charge on any atom is -0.356 e. The Hall–Kier alpha value is -1.36. The van der Waals surface area contributed by atoms with Crippen LogP contribution in [0, 0.1) is 0 Å². The van der Waals surface area contributed by atoms with Crippen LogP contribution in [0.15, 0.2) is 6.20 Å². The predicted molar refractivity (Wildman–Crippen MR) is 63.1 cm³/mol. The predicted octanol–water partition coefficient (Wildman–Crippen LogP) is 1.58. The van der Waals surface area contributed by atoms with Gasteiger partial charge in [-0.05, 0) is 25.7 Å². The van der Waals surface area contributed by atoms with Gasteiger partial charge in [0.25, 0.3) is 0 Å². The molecule has 1 amide bonds. The Kier molecular flexibility index (Phi) is 3.78. The van der Waals surface area contributed by atoms with Crippen LogP contribution < -0.4 is 5.32 Å². The number of amides is 1. The van der Waals surface area contributed by atoms with Gasteiger partial charge < -0.3 is 5.32 Å². The van der Waals surface area contributed by atoms with Crippen LogP contribution >= 0.6 is 11.6 Å². The van der Waals surface area contributed by atoms with Crippen LogP contribution in [0.25, 0.3) is 0 Å². The summed E-state index contributed by atoms with van der Waals surface area (Å²) in [7, 11) is 0. The van der Waals surface area contributed by atoms with Crippen molar-refractivity contribution in [2.45, 2.75) is 37.8 Å². The van der Waals surface area contributed by atoms with E-state index in [4.69, 9.17) is 11.6 Å². The quantitative estimate of drug-likeness (QED) is 0.831. The molecule has 5 nitrogen and oxygen atoms in total. The molecule has 1 aliphatic carbocycles. The second-order valence-corrected chi connectivity index (χ2v) is 4.64. The van der Waals surface area contributed by atoms with E-state index in [0.29, 0.717) is 10.7 Å². The van der Waals surface area contributed by atoms with Crippen molar-refractivity contribution in [1.29, 1.82) is 0 Å². The molecule has 2 rings (SSSR count). The lowest BCUT2D eigenvalue weighted by Gasteiger charge is -2.28. The minimum atomic E-state index is 0.201. The summed E-state index contributed by atoms with van der Waals surface area (Å²) in [5, 5.41) is 7.33. The van der Waals surface area contributed by atoms with E-state index in [1.54, 1.807) is 4.68 Å². The fraction of sp³-hybridized carbons (Fsp3) is 0.545. The van der Waals surface area contributed by atoms with E-state index in [0.717, 1.165) is 38.4 Å². The van der Waals surface area contributed by atoms with Crippen molar-refractivity contribution < 1.29 is 9.59 Å². The van der Waals surface area contributed by atoms with E-state index in [9.17, 15) is 9.59 Å². The molecule has 17 heavy (non-hydrogen) atoms. The van der Waals surface area contributed by atoms with Gasteiger partial charge in [0.15, 0.2) is 6.29 Å². The number of hydrogen-bond donors (Lipinski definition) is 1. The maximum Gasteiger partial charge on any atom is 0.207 e. The molecule has 0 spiro atoms. The fourth-order valence-corrected chi connectivity index (χ4v) is 2.51. The zero-order valence-corrected chi connectivity index (χ0v) is 10.1. The number of carbonyl (C=O) groups excluding carboxylic acids is 2. The molecule has 1 aliphatic rings. The number of halogens is 1. The number of nitrogens with one attached hydrogen (secondary N) is 1. The molecule has 6 heteroatoms. The summed E-state index contributed by atoms with van der Waals surface area (Å²) >= 11 is 5.87. The molecule has 0 unspecified atom stereocenters. The van der Waals surface area contributed by atoms with Gasteiger partial charge in [0, 0.05) is 6.04 Å². The Morgan fingerprint density at radius 2 is 2.06 bits per heavy atom. The van der Waals surface area contributed by atoms with Gasteiger partial charge in [0.1, 0.15) is 5.69 Å². The lowest BCUT2D eigenvalue weighted by atomic mass is 9.91. The number of nitrogens with zero attached hydrogens (tertiary/aromatic N) is 2. The van der Waals surface area contributed by atoms with E-state index in [2.05, 4.69) is 10.4 Å². The van der Waals surface area contributed by atoms with Crippen molar-refractivity contribution >= 4 is 24.3 Å². The third-order valence-corrected chi connectivity index (χ3v) is 3.54. The lowest BCUT2D eigenvalue weighted by Crippen LogP contribution is -2.33. The van der Waals surface area contributed by atoms with Gasteiger partial charge in [-0.3, -0.25) is 14.3 Å². The second-order valence-electron chi connectivity index (χ2n) is 4.23. The number of carbonyl (C=O) groups is 2. The van der Waals surface area contributed by atoms with Crippen LogP contribution in [0.4, 0.5) is 0 Å². The molecule has 1 aromatic heterocycles. The average molecular weight is 256 g/mol. The van der Waals surface area contributed by atoms with Gasteiger partial charge in [-0.1, -0.05) is 11.6 Å². The molecule has 1 heterocycles. The van der Waals surface area contributed by atoms with Crippen LogP contribution in [-0.2, 0) is 4.79 Å². The largest absolute Gasteiger partial charge is 0.356 e. The minimum absolute atomic E-state index is 0.201. The fourth-order valence-electron chi connectivity index (χ4n) is 2.34. The highest BCUT2D eigenvalue weighted by atomic mass is 35.5. The van der Waals surface area contributed by atoms with E-state index >= 15 is 0 Å². The van der Waals surface area contributed by atoms with Crippen LogP contribution in [0.5, 0.6) is 0 Å². The monoisotopic (exact) mass is 255 g/mol. The molecule has 1 aromatic rings. The maximum atomic E-state index is 10.9. The van der Waals surface area contributed by atoms with Crippen molar-refractivity contribution in [2.24, 2.45) is 0 Å². The normalized spacial score (nSPS) is 24.3. The summed E-state index contributed by atoms with van der Waals surface area (Å²) in [6.07, 6.45) is 6.58. The number of rotatable bonds is 4. The molecule has 0 aromatic carbocycles. The van der Waals surface area contributed by atoms with Gasteiger partial charge in [-0.2, -0.15) is 5.10 Å². The van der Waals surface area contributed by atoms with Gasteiger partial charge in [-0.15, -0.1) is 0 Å². The summed E-state index contributed by atoms with van der Waals surface area (Å²) in [5.41, 5.74) is 0.443. The molecule has 1 saturated carbocycles. The number of aromatic nitrogens is 2. The number of hydrogen-bond acceptors (Lipinski definition) is 3. The Bertz CT molecular complexity index is 411. The molecular formula is C11H14ClN3O2. The first-order valence-corrected chi connectivity index (χ1v) is 6.02. The number of aldehydes is 1. The molecule has 0 radical (unpaired) electrons. The van der Waals surface area contributed by atoms with E-state index in [-0.39, 0.29) is 12.1 Å². The Morgan fingerprint density at radius 3 is 2.65 bits per heavy atom. The zero-order valence-electron chi connectivity index (χ0n) is 9.30. The topological polar surface area (TPSA) is 64.0 Å². The van der Waals surface area contributed by atoms with Gasteiger partial charge in [-0.25, -0.2) is 0 Å². The Morgan fingerprint density at radius 1 is 1.35 bits per heavy atom. The highest BCUT2D eigenvalue weighted by molar-refractivity contribution is 6.32. The van der Waals surface area contributed by atoms with Gasteiger partial charge >= 0.3 is 0 Å². The first-order valence-electron chi connectivity index (χ1n) is 5.64. The molecule has 0 saturated heterocycles. The first kappa shape index (κ1) is 12.1. The van der Waals surface area contributed by atoms with Crippen LogP contribution in [-0.4, -0.2) is 28.5 Å². The lowest BCUT2D eigenvalue weighted by molar-refractivity contribution is -0.110. The van der Waals surface area contributed by atoms with Gasteiger partial charge in [0.05, 0.1) is 17.3 Å². The van der Waals surface area contributed by atoms with Crippen molar-refractivity contribution in [3.8, 4) is 0 Å². The zero-order chi connectivity index (χ0) is 12.3. The molecule has 0 aliphatic heterocycles. The average Bonchev–Trinajstić information content (AvgIpc) is 2.72. The second kappa shape index (κ2) is 5.31. The van der Waals surface area contributed by atoms with Crippen molar-refractivity contribution in [1.82, 2.24) is 15.1 Å². The van der Waals surface area contributed by atoms with Crippen molar-refractivity contribution in [2.75, 3.05) is 0 Å². The van der Waals surface area contributed by atoms with Crippen molar-refractivity contribution in [3.63, 3.8) is 0 Å². The summed E-state index contributed by atoms with van der Waals surface area (Å²) < 4.78 is 1.70. The van der Waals surface area contributed by atoms with Crippen LogP contribution in [0.3, 0.4) is 0 Å². The van der Waals surface area contributed by atoms with Crippen molar-refractivity contribution in [3.05, 3.63) is 16.9 Å². The maximum absolute atomic E-state index is 10.9. The summed E-state index contributed by atoms with van der Waals surface area (Å²) in [6.45, 7) is 0. The van der Waals surface area contributed by atoms with Gasteiger partial charge in [0.2, 0.25) is 6.41 Å². The molecule has 0 bridgehead atoms. The molecule has 0 atom stereocenters. The third-order valence-electron chi connectivity index (χ3n) is 3.24.